The van der Waals surface area contributed by atoms with Crippen LogP contribution in [0.2, 0.25) is 0 Å². The van der Waals surface area contributed by atoms with Gasteiger partial charge in [0.05, 0.1) is 6.61 Å². The molecule has 0 unspecified atom stereocenters. The van der Waals surface area contributed by atoms with Gasteiger partial charge in [-0.15, -0.1) is 0 Å². The molecule has 1 N–H and O–H groups in total. The Labute approximate surface area is 201 Å². The highest BCUT2D eigenvalue weighted by atomic mass is 32.2. The molecule has 0 aliphatic carbocycles. The molecule has 2 aliphatic heterocycles. The van der Waals surface area contributed by atoms with Crippen molar-refractivity contribution in [1.82, 2.24) is 14.3 Å². The molecule has 186 valence electrons. The van der Waals surface area contributed by atoms with Gasteiger partial charge in [0, 0.05) is 30.5 Å². The molecule has 9 nitrogen and oxygen atoms in total. The molecule has 0 amide bonds. The number of rotatable bonds is 9. The maximum Gasteiger partial charge on any atom is 0.302 e. The number of benzene rings is 1. The molecule has 34 heavy (non-hydrogen) atoms. The van der Waals surface area contributed by atoms with Crippen LogP contribution in [0.25, 0.3) is 0 Å². The molecule has 2 saturated heterocycles. The molecule has 13 heteroatoms. The van der Waals surface area contributed by atoms with Crippen molar-refractivity contribution in [1.29, 1.82) is 0 Å². The average molecular weight is 517 g/mol. The Kier molecular flexibility index (Phi) is 7.29. The van der Waals surface area contributed by atoms with E-state index in [2.05, 4.69) is 14.7 Å². The van der Waals surface area contributed by atoms with Gasteiger partial charge in [-0.25, -0.2) is 13.8 Å². The van der Waals surface area contributed by atoms with Crippen LogP contribution in [0, 0.1) is 11.6 Å². The lowest BCUT2D eigenvalue weighted by Gasteiger charge is -2.29. The number of hydrogen-bond acceptors (Lipinski definition) is 8. The quantitative estimate of drug-likeness (QED) is 0.400. The van der Waals surface area contributed by atoms with Gasteiger partial charge in [-0.1, -0.05) is 23.9 Å². The fourth-order valence-corrected chi connectivity index (χ4v) is 5.38. The Morgan fingerprint density at radius 1 is 1.32 bits per heavy atom. The Bertz CT molecular complexity index is 1150. The van der Waals surface area contributed by atoms with Crippen LogP contribution in [0.4, 0.5) is 14.6 Å². The lowest BCUT2D eigenvalue weighted by molar-refractivity contribution is -0.147. The van der Waals surface area contributed by atoms with Crippen molar-refractivity contribution < 1.29 is 31.4 Å². The van der Waals surface area contributed by atoms with Gasteiger partial charge < -0.3 is 14.2 Å². The first-order valence-electron chi connectivity index (χ1n) is 10.7. The maximum atomic E-state index is 14.1. The third kappa shape index (κ3) is 5.95. The van der Waals surface area contributed by atoms with E-state index in [1.54, 1.807) is 20.8 Å². The fourth-order valence-electron chi connectivity index (χ4n) is 3.32. The number of aromatic nitrogens is 2. The molecule has 0 spiro atoms. The number of hydrogen-bond donors (Lipinski definition) is 1. The van der Waals surface area contributed by atoms with Gasteiger partial charge in [0.15, 0.2) is 22.6 Å². The van der Waals surface area contributed by atoms with Gasteiger partial charge in [0.1, 0.15) is 18.0 Å². The fraction of sp³-hybridized carbons (Fsp3) is 0.524. The van der Waals surface area contributed by atoms with Gasteiger partial charge >= 0.3 is 10.2 Å². The van der Waals surface area contributed by atoms with Gasteiger partial charge in [0.25, 0.3) is 0 Å². The van der Waals surface area contributed by atoms with Crippen molar-refractivity contribution in [3.63, 3.8) is 0 Å². The molecule has 2 aromatic rings. The Morgan fingerprint density at radius 2 is 2.09 bits per heavy atom. The summed E-state index contributed by atoms with van der Waals surface area (Å²) in [5, 5.41) is 0.138. The van der Waals surface area contributed by atoms with E-state index in [4.69, 9.17) is 14.2 Å². The Morgan fingerprint density at radius 3 is 2.74 bits per heavy atom. The lowest BCUT2D eigenvalue weighted by Crippen LogP contribution is -2.45. The van der Waals surface area contributed by atoms with Crippen LogP contribution in [-0.4, -0.2) is 60.4 Å². The molecular formula is C21H26F2N4O5S2. The molecule has 1 aromatic carbocycles. The summed E-state index contributed by atoms with van der Waals surface area (Å²) >= 11 is 1.02. The normalized spacial score (nSPS) is 21.1. The second-order valence-electron chi connectivity index (χ2n) is 8.43. The summed E-state index contributed by atoms with van der Waals surface area (Å²) in [5.41, 5.74) is 0.134. The summed E-state index contributed by atoms with van der Waals surface area (Å²) in [5.74, 6) is -2.48. The highest BCUT2D eigenvalue weighted by molar-refractivity contribution is 7.98. The number of ether oxygens (including phenoxy) is 3. The number of thioether (sulfide) groups is 1. The Hall–Kier alpha value is -2.06. The molecule has 0 saturated carbocycles. The summed E-state index contributed by atoms with van der Waals surface area (Å²) in [6.07, 6.45) is -0.0323. The highest BCUT2D eigenvalue weighted by Gasteiger charge is 2.37. The van der Waals surface area contributed by atoms with E-state index >= 15 is 0 Å². The molecule has 2 aliphatic rings. The van der Waals surface area contributed by atoms with Crippen molar-refractivity contribution in [2.45, 2.75) is 56.1 Å². The van der Waals surface area contributed by atoms with Gasteiger partial charge in [-0.05, 0) is 33.3 Å². The highest BCUT2D eigenvalue weighted by Crippen LogP contribution is 2.29. The predicted octanol–water partition coefficient (Wildman–Crippen LogP) is 3.33. The number of halogens is 2. The van der Waals surface area contributed by atoms with Crippen molar-refractivity contribution in [2.75, 3.05) is 24.4 Å². The monoisotopic (exact) mass is 516 g/mol. The predicted molar refractivity (Wildman–Crippen MR) is 122 cm³/mol. The zero-order chi connectivity index (χ0) is 24.5. The van der Waals surface area contributed by atoms with Crippen molar-refractivity contribution >= 4 is 27.8 Å². The second-order valence-corrected chi connectivity index (χ2v) is 11.0. The lowest BCUT2D eigenvalue weighted by atomic mass is 10.2. The Balaban J connectivity index is 1.54. The molecule has 4 rings (SSSR count). The molecule has 1 aromatic heterocycles. The number of nitrogens with one attached hydrogen (secondary N) is 1. The first kappa shape index (κ1) is 25.0. The van der Waals surface area contributed by atoms with E-state index in [0.29, 0.717) is 19.7 Å². The molecule has 3 heterocycles. The summed E-state index contributed by atoms with van der Waals surface area (Å²) in [4.78, 5) is 8.56. The summed E-state index contributed by atoms with van der Waals surface area (Å²) in [6.45, 7) is 6.57. The van der Waals surface area contributed by atoms with E-state index in [-0.39, 0.29) is 34.3 Å². The average Bonchev–Trinajstić information content (AvgIpc) is 3.07. The van der Waals surface area contributed by atoms with Crippen LogP contribution in [0.1, 0.15) is 32.8 Å². The smallest absolute Gasteiger partial charge is 0.302 e. The first-order chi connectivity index (χ1) is 16.0. The van der Waals surface area contributed by atoms with E-state index in [1.165, 1.54) is 22.5 Å². The zero-order valence-corrected chi connectivity index (χ0v) is 20.6. The molecular weight excluding hydrogens is 490 g/mol. The van der Waals surface area contributed by atoms with Crippen LogP contribution < -0.4 is 9.46 Å². The minimum atomic E-state index is -3.78. The van der Waals surface area contributed by atoms with Gasteiger partial charge in [-0.2, -0.15) is 17.7 Å². The van der Waals surface area contributed by atoms with Crippen molar-refractivity contribution in [3.05, 3.63) is 41.5 Å². The van der Waals surface area contributed by atoms with Gasteiger partial charge in [0.2, 0.25) is 5.88 Å². The van der Waals surface area contributed by atoms with E-state index in [0.717, 1.165) is 24.2 Å². The van der Waals surface area contributed by atoms with Crippen LogP contribution >= 0.6 is 11.8 Å². The SMILES string of the molecule is C[C@@H](Oc1cc(NS(=O)(=O)N2CCC2)nc(SCc2cccc(F)c2F)n1)[C@@H]1COC(C)(C)O1. The van der Waals surface area contributed by atoms with E-state index in [1.807, 2.05) is 0 Å². The topological polar surface area (TPSA) is 103 Å². The van der Waals surface area contributed by atoms with Gasteiger partial charge in [-0.3, -0.25) is 4.72 Å². The minimum absolute atomic E-state index is 0.00948. The third-order valence-electron chi connectivity index (χ3n) is 5.32. The van der Waals surface area contributed by atoms with E-state index < -0.39 is 33.7 Å². The van der Waals surface area contributed by atoms with Crippen LogP contribution in [0.15, 0.2) is 29.4 Å². The summed E-state index contributed by atoms with van der Waals surface area (Å²) in [6, 6.07) is 5.28. The third-order valence-corrected chi connectivity index (χ3v) is 7.73. The largest absolute Gasteiger partial charge is 0.472 e. The van der Waals surface area contributed by atoms with Crippen LogP contribution in [-0.2, 0) is 25.4 Å². The molecule has 2 atom stereocenters. The molecule has 0 radical (unpaired) electrons. The minimum Gasteiger partial charge on any atom is -0.472 e. The van der Waals surface area contributed by atoms with E-state index in [9.17, 15) is 17.2 Å². The second kappa shape index (κ2) is 9.90. The number of nitrogens with zero attached hydrogens (tertiary/aromatic N) is 3. The maximum absolute atomic E-state index is 14.1. The van der Waals surface area contributed by atoms with Crippen molar-refractivity contribution in [2.24, 2.45) is 0 Å². The summed E-state index contributed by atoms with van der Waals surface area (Å²) < 4.78 is 73.7. The van der Waals surface area contributed by atoms with Crippen LogP contribution in [0.3, 0.4) is 0 Å². The van der Waals surface area contributed by atoms with Crippen LogP contribution in [0.5, 0.6) is 5.88 Å². The summed E-state index contributed by atoms with van der Waals surface area (Å²) in [7, 11) is -3.78. The zero-order valence-electron chi connectivity index (χ0n) is 19.0. The molecule has 2 fully saturated rings. The molecule has 0 bridgehead atoms. The van der Waals surface area contributed by atoms with Crippen molar-refractivity contribution in [3.8, 4) is 5.88 Å². The standard InChI is InChI=1S/C21H26F2N4O5S2/c1-13(16-11-30-21(2,3)32-16)31-18-10-17(26-34(28,29)27-8-5-9-27)24-20(25-18)33-12-14-6-4-7-15(22)19(14)23/h4,6-7,10,13,16H,5,8-9,11-12H2,1-3H3,(H,24,25,26)/t13-,16+/m1/s1. The first-order valence-corrected chi connectivity index (χ1v) is 13.2. The number of anilines is 1.